The summed E-state index contributed by atoms with van der Waals surface area (Å²) in [6.07, 6.45) is 0.0684. The van der Waals surface area contributed by atoms with E-state index in [9.17, 15) is 18.0 Å². The molecule has 0 bridgehead atoms. The fourth-order valence-electron chi connectivity index (χ4n) is 3.54. The zero-order valence-electron chi connectivity index (χ0n) is 17.1. The maximum Gasteiger partial charge on any atom is 0.244 e. The number of nitrogens with one attached hydrogen (secondary N) is 1. The summed E-state index contributed by atoms with van der Waals surface area (Å²) < 4.78 is 32.5. The van der Waals surface area contributed by atoms with Crippen LogP contribution in [0.3, 0.4) is 0 Å². The first-order chi connectivity index (χ1) is 15.4. The van der Waals surface area contributed by atoms with Gasteiger partial charge in [-0.1, -0.05) is 23.7 Å². The average molecular weight is 496 g/mol. The van der Waals surface area contributed by atoms with Gasteiger partial charge >= 0.3 is 0 Å². The van der Waals surface area contributed by atoms with Crippen molar-refractivity contribution in [3.8, 4) is 0 Å². The summed E-state index contributed by atoms with van der Waals surface area (Å²) in [5.41, 5.74) is 1.12. The lowest BCUT2D eigenvalue weighted by Crippen LogP contribution is -2.40. The second-order valence-corrected chi connectivity index (χ2v) is 10.6. The fraction of sp³-hybridized carbons (Fsp3) is 0.333. The normalized spacial score (nSPS) is 17.2. The summed E-state index contributed by atoms with van der Waals surface area (Å²) in [7, 11) is -3.81. The van der Waals surface area contributed by atoms with E-state index in [0.717, 1.165) is 10.6 Å². The predicted octanol–water partition coefficient (Wildman–Crippen LogP) is 2.83. The zero-order valence-corrected chi connectivity index (χ0v) is 19.5. The smallest absolute Gasteiger partial charge is 0.244 e. The summed E-state index contributed by atoms with van der Waals surface area (Å²) in [6, 6.07) is 11.9. The first kappa shape index (κ1) is 23.1. The number of benzene rings is 2. The maximum absolute atomic E-state index is 13.0. The van der Waals surface area contributed by atoms with Gasteiger partial charge in [0.25, 0.3) is 0 Å². The highest BCUT2D eigenvalue weighted by Crippen LogP contribution is 2.35. The van der Waals surface area contributed by atoms with Gasteiger partial charge in [0.2, 0.25) is 21.8 Å². The molecule has 170 valence electrons. The van der Waals surface area contributed by atoms with Crippen LogP contribution in [0.15, 0.2) is 52.3 Å². The van der Waals surface area contributed by atoms with Crippen LogP contribution in [0.4, 0.5) is 11.4 Å². The Hall–Kier alpha value is -2.11. The topological polar surface area (TPSA) is 96.0 Å². The number of carbonyl (C=O) groups excluding carboxylic acids is 2. The molecule has 0 atom stereocenters. The van der Waals surface area contributed by atoms with Crippen LogP contribution in [0.1, 0.15) is 6.42 Å². The van der Waals surface area contributed by atoms with E-state index in [1.165, 1.54) is 28.2 Å². The van der Waals surface area contributed by atoms with E-state index in [2.05, 4.69) is 5.32 Å². The number of halogens is 1. The van der Waals surface area contributed by atoms with Crippen molar-refractivity contribution in [3.05, 3.63) is 47.5 Å². The van der Waals surface area contributed by atoms with Gasteiger partial charge in [0.15, 0.2) is 0 Å². The van der Waals surface area contributed by atoms with Crippen molar-refractivity contribution in [2.45, 2.75) is 16.2 Å². The highest BCUT2D eigenvalue weighted by molar-refractivity contribution is 8.00. The molecule has 4 rings (SSSR count). The van der Waals surface area contributed by atoms with Gasteiger partial charge < -0.3 is 15.0 Å². The molecule has 2 aliphatic rings. The van der Waals surface area contributed by atoms with E-state index in [-0.39, 0.29) is 47.8 Å². The average Bonchev–Trinajstić information content (AvgIpc) is 2.80. The molecule has 1 fully saturated rings. The Morgan fingerprint density at radius 2 is 1.91 bits per heavy atom. The Kier molecular flexibility index (Phi) is 7.06. The number of nitrogens with zero attached hydrogens (tertiary/aromatic N) is 2. The van der Waals surface area contributed by atoms with E-state index in [0.29, 0.717) is 24.7 Å². The van der Waals surface area contributed by atoms with Crippen molar-refractivity contribution in [1.29, 1.82) is 0 Å². The third kappa shape index (κ3) is 4.94. The van der Waals surface area contributed by atoms with Gasteiger partial charge in [-0.2, -0.15) is 4.31 Å². The first-order valence-electron chi connectivity index (χ1n) is 10.1. The quantitative estimate of drug-likeness (QED) is 0.662. The number of carbonyl (C=O) groups is 2. The van der Waals surface area contributed by atoms with E-state index >= 15 is 0 Å². The van der Waals surface area contributed by atoms with E-state index < -0.39 is 10.0 Å². The molecule has 0 saturated carbocycles. The Bertz CT molecular complexity index is 1140. The van der Waals surface area contributed by atoms with Gasteiger partial charge in [-0.05, 0) is 30.3 Å². The number of anilines is 2. The maximum atomic E-state index is 13.0. The molecule has 11 heteroatoms. The molecular weight excluding hydrogens is 474 g/mol. The Balaban J connectivity index is 1.44. The van der Waals surface area contributed by atoms with Gasteiger partial charge in [-0.3, -0.25) is 9.59 Å². The summed E-state index contributed by atoms with van der Waals surface area (Å²) in [5, 5.41) is 2.80. The van der Waals surface area contributed by atoms with E-state index in [1.807, 2.05) is 24.3 Å². The van der Waals surface area contributed by atoms with Crippen molar-refractivity contribution in [3.63, 3.8) is 0 Å². The zero-order chi connectivity index (χ0) is 22.7. The minimum Gasteiger partial charge on any atom is -0.379 e. The van der Waals surface area contributed by atoms with Crippen LogP contribution in [0.2, 0.25) is 5.02 Å². The van der Waals surface area contributed by atoms with Crippen LogP contribution >= 0.6 is 23.4 Å². The third-order valence-electron chi connectivity index (χ3n) is 5.17. The van der Waals surface area contributed by atoms with Crippen molar-refractivity contribution >= 4 is 56.6 Å². The minimum absolute atomic E-state index is 0.0492. The molecular formula is C21H22ClN3O5S2. The number of ether oxygens (including phenoxy) is 1. The summed E-state index contributed by atoms with van der Waals surface area (Å²) in [6.45, 7) is 1.38. The number of fused-ring (bicyclic) bond motifs is 1. The second-order valence-electron chi connectivity index (χ2n) is 7.26. The molecule has 2 aromatic rings. The number of morpholine rings is 1. The van der Waals surface area contributed by atoms with Crippen LogP contribution < -0.4 is 10.2 Å². The molecule has 0 unspecified atom stereocenters. The minimum atomic E-state index is -3.81. The van der Waals surface area contributed by atoms with Crippen molar-refractivity contribution in [2.75, 3.05) is 48.8 Å². The van der Waals surface area contributed by atoms with Crippen LogP contribution in [0.25, 0.3) is 0 Å². The number of amides is 2. The van der Waals surface area contributed by atoms with Crippen LogP contribution in [0.5, 0.6) is 0 Å². The molecule has 0 aromatic heterocycles. The standard InChI is InChI=1S/C21H22ClN3O5S2/c22-16-6-5-15(13-19(16)32(28,29)24-9-11-30-12-10-24)23-20(26)7-8-25-17-3-1-2-4-18(17)31-14-21(25)27/h1-6,13H,7-12,14H2,(H,23,26). The first-order valence-corrected chi connectivity index (χ1v) is 12.9. The number of hydrogen-bond acceptors (Lipinski definition) is 6. The number of sulfonamides is 1. The molecule has 32 heavy (non-hydrogen) atoms. The van der Waals surface area contributed by atoms with Crippen molar-refractivity contribution in [1.82, 2.24) is 4.31 Å². The van der Waals surface area contributed by atoms with Crippen molar-refractivity contribution < 1.29 is 22.7 Å². The van der Waals surface area contributed by atoms with Crippen LogP contribution in [0, 0.1) is 0 Å². The SMILES string of the molecule is O=C(CCN1C(=O)CSc2ccccc21)Nc1ccc(Cl)c(S(=O)(=O)N2CCOCC2)c1. The molecule has 2 amide bonds. The summed E-state index contributed by atoms with van der Waals surface area (Å²) in [5.74, 6) is -0.0455. The fourth-order valence-corrected chi connectivity index (χ4v) is 6.38. The van der Waals surface area contributed by atoms with Crippen LogP contribution in [-0.2, 0) is 24.3 Å². The third-order valence-corrected chi connectivity index (χ3v) is 8.60. The molecule has 0 spiro atoms. The largest absolute Gasteiger partial charge is 0.379 e. The monoisotopic (exact) mass is 495 g/mol. The van der Waals surface area contributed by atoms with E-state index in [1.54, 1.807) is 11.0 Å². The molecule has 8 nitrogen and oxygen atoms in total. The van der Waals surface area contributed by atoms with Gasteiger partial charge in [-0.25, -0.2) is 8.42 Å². The predicted molar refractivity (Wildman–Crippen MR) is 124 cm³/mol. The van der Waals surface area contributed by atoms with Crippen LogP contribution in [-0.4, -0.2) is 63.1 Å². The lowest BCUT2D eigenvalue weighted by Gasteiger charge is -2.28. The molecule has 2 heterocycles. The van der Waals surface area contributed by atoms with Gasteiger partial charge in [-0.15, -0.1) is 11.8 Å². The summed E-state index contributed by atoms with van der Waals surface area (Å²) >= 11 is 7.65. The Morgan fingerprint density at radius 3 is 2.69 bits per heavy atom. The Labute approximate surface area is 195 Å². The van der Waals surface area contributed by atoms with Gasteiger partial charge in [0, 0.05) is 36.6 Å². The second kappa shape index (κ2) is 9.80. The molecule has 2 aliphatic heterocycles. The Morgan fingerprint density at radius 1 is 1.16 bits per heavy atom. The number of hydrogen-bond donors (Lipinski definition) is 1. The van der Waals surface area contributed by atoms with Gasteiger partial charge in [0.1, 0.15) is 4.90 Å². The van der Waals surface area contributed by atoms with E-state index in [4.69, 9.17) is 16.3 Å². The lowest BCUT2D eigenvalue weighted by molar-refractivity contribution is -0.117. The van der Waals surface area contributed by atoms with Crippen molar-refractivity contribution in [2.24, 2.45) is 0 Å². The molecule has 0 aliphatic carbocycles. The number of thioether (sulfide) groups is 1. The molecule has 0 radical (unpaired) electrons. The number of rotatable bonds is 6. The molecule has 1 saturated heterocycles. The lowest BCUT2D eigenvalue weighted by atomic mass is 10.2. The number of para-hydroxylation sites is 1. The highest BCUT2D eigenvalue weighted by Gasteiger charge is 2.29. The molecule has 1 N–H and O–H groups in total. The highest BCUT2D eigenvalue weighted by atomic mass is 35.5. The molecule has 2 aromatic carbocycles. The van der Waals surface area contributed by atoms with Gasteiger partial charge in [0.05, 0.1) is 29.7 Å². The summed E-state index contributed by atoms with van der Waals surface area (Å²) in [4.78, 5) is 27.5.